The second-order valence-electron chi connectivity index (χ2n) is 4.74. The summed E-state index contributed by atoms with van der Waals surface area (Å²) in [4.78, 5) is 34.8. The minimum absolute atomic E-state index is 0.0585. The van der Waals surface area contributed by atoms with Crippen molar-refractivity contribution in [3.63, 3.8) is 0 Å². The number of carboxylic acid groups (broad SMARTS) is 1. The molecule has 0 aliphatic rings. The number of carbonyl (C=O) groups excluding carboxylic acids is 1. The van der Waals surface area contributed by atoms with Gasteiger partial charge in [0.1, 0.15) is 17.9 Å². The van der Waals surface area contributed by atoms with Gasteiger partial charge in [-0.2, -0.15) is 13.2 Å². The van der Waals surface area contributed by atoms with Crippen LogP contribution >= 0.6 is 0 Å². The van der Waals surface area contributed by atoms with Gasteiger partial charge in [0.05, 0.1) is 0 Å². The second-order valence-corrected chi connectivity index (χ2v) is 4.74. The number of aliphatic carboxylic acids is 1. The molecule has 1 aromatic heterocycles. The van der Waals surface area contributed by atoms with Crippen LogP contribution in [-0.4, -0.2) is 21.6 Å². The van der Waals surface area contributed by atoms with E-state index in [4.69, 9.17) is 5.11 Å². The minimum Gasteiger partial charge on any atom is -0.480 e. The quantitative estimate of drug-likeness (QED) is 0.893. The molecular weight excluding hydrogens is 329 g/mol. The maximum atomic E-state index is 12.9. The van der Waals surface area contributed by atoms with Gasteiger partial charge in [-0.15, -0.1) is 0 Å². The average molecular weight is 340 g/mol. The molecule has 0 aliphatic carbocycles. The number of carbonyl (C=O) groups is 2. The molecule has 24 heavy (non-hydrogen) atoms. The highest BCUT2D eigenvalue weighted by atomic mass is 19.4. The second kappa shape index (κ2) is 6.57. The molecule has 1 amide bonds. The number of benzene rings is 1. The molecule has 6 nitrogen and oxygen atoms in total. The van der Waals surface area contributed by atoms with Gasteiger partial charge in [-0.3, -0.25) is 19.0 Å². The normalized spacial score (nSPS) is 11.1. The highest BCUT2D eigenvalue weighted by Crippen LogP contribution is 2.28. The van der Waals surface area contributed by atoms with E-state index in [1.54, 1.807) is 18.2 Å². The highest BCUT2D eigenvalue weighted by Gasteiger charge is 2.35. The number of nitrogens with zero attached hydrogens (tertiary/aromatic N) is 1. The van der Waals surface area contributed by atoms with Gasteiger partial charge < -0.3 is 10.4 Å². The predicted octanol–water partition coefficient (Wildman–Crippen LogP) is 2.20. The Morgan fingerprint density at radius 2 is 1.71 bits per heavy atom. The Morgan fingerprint density at radius 1 is 1.08 bits per heavy atom. The van der Waals surface area contributed by atoms with E-state index in [2.05, 4.69) is 5.32 Å². The lowest BCUT2D eigenvalue weighted by molar-refractivity contribution is -0.146. The van der Waals surface area contributed by atoms with Gasteiger partial charge in [0.15, 0.2) is 0 Å². The first kappa shape index (κ1) is 17.3. The predicted molar refractivity (Wildman–Crippen MR) is 77.7 cm³/mol. The number of aromatic nitrogens is 1. The zero-order valence-corrected chi connectivity index (χ0v) is 12.0. The molecule has 2 rings (SSSR count). The maximum Gasteiger partial charge on any atom is 0.431 e. The largest absolute Gasteiger partial charge is 0.480 e. The summed E-state index contributed by atoms with van der Waals surface area (Å²) in [6.45, 7) is -1.18. The van der Waals surface area contributed by atoms with Crippen LogP contribution in [-0.2, 0) is 17.5 Å². The number of hydrogen-bond acceptors (Lipinski definition) is 3. The minimum atomic E-state index is -4.91. The first-order chi connectivity index (χ1) is 11.2. The number of hydrogen-bond donors (Lipinski definition) is 2. The van der Waals surface area contributed by atoms with Gasteiger partial charge >= 0.3 is 12.1 Å². The van der Waals surface area contributed by atoms with E-state index in [1.165, 1.54) is 12.1 Å². The molecule has 1 heterocycles. The van der Waals surface area contributed by atoms with Crippen molar-refractivity contribution in [2.45, 2.75) is 12.7 Å². The first-order valence-corrected chi connectivity index (χ1v) is 6.59. The van der Waals surface area contributed by atoms with Crippen molar-refractivity contribution in [1.29, 1.82) is 0 Å². The Kier molecular flexibility index (Phi) is 4.72. The van der Waals surface area contributed by atoms with E-state index < -0.39 is 41.5 Å². The summed E-state index contributed by atoms with van der Waals surface area (Å²) < 4.78 is 38.8. The van der Waals surface area contributed by atoms with Gasteiger partial charge in [0.2, 0.25) is 0 Å². The number of amides is 1. The van der Waals surface area contributed by atoms with Crippen LogP contribution in [0.15, 0.2) is 47.3 Å². The number of nitrogens with one attached hydrogen (secondary N) is 1. The fraction of sp³-hybridized carbons (Fsp3) is 0.133. The molecule has 0 fully saturated rings. The van der Waals surface area contributed by atoms with Crippen LogP contribution < -0.4 is 10.9 Å². The van der Waals surface area contributed by atoms with Gasteiger partial charge in [0.25, 0.3) is 11.5 Å². The summed E-state index contributed by atoms with van der Waals surface area (Å²) in [6.07, 6.45) is -4.91. The van der Waals surface area contributed by atoms with Crippen LogP contribution in [0.2, 0.25) is 0 Å². The average Bonchev–Trinajstić information content (AvgIpc) is 2.50. The van der Waals surface area contributed by atoms with Crippen molar-refractivity contribution in [2.24, 2.45) is 0 Å². The van der Waals surface area contributed by atoms with E-state index in [9.17, 15) is 27.6 Å². The van der Waals surface area contributed by atoms with E-state index in [1.807, 2.05) is 0 Å². The Morgan fingerprint density at radius 3 is 2.25 bits per heavy atom. The summed E-state index contributed by atoms with van der Waals surface area (Å²) in [5.41, 5.74) is -2.91. The Bertz CT molecular complexity index is 829. The maximum absolute atomic E-state index is 12.9. The van der Waals surface area contributed by atoms with Gasteiger partial charge in [-0.1, -0.05) is 18.2 Å². The van der Waals surface area contributed by atoms with Crippen molar-refractivity contribution in [2.75, 3.05) is 5.32 Å². The highest BCUT2D eigenvalue weighted by molar-refractivity contribution is 6.04. The number of pyridine rings is 1. The van der Waals surface area contributed by atoms with Crippen LogP contribution in [0.4, 0.5) is 18.9 Å². The number of carboxylic acids is 1. The molecule has 0 unspecified atom stereocenters. The molecule has 9 heteroatoms. The molecule has 0 saturated heterocycles. The van der Waals surface area contributed by atoms with E-state index in [0.29, 0.717) is 6.07 Å². The molecule has 0 aliphatic heterocycles. The first-order valence-electron chi connectivity index (χ1n) is 6.59. The lowest BCUT2D eigenvalue weighted by Crippen LogP contribution is -2.33. The molecule has 126 valence electrons. The van der Waals surface area contributed by atoms with Gasteiger partial charge in [-0.05, 0) is 24.3 Å². The summed E-state index contributed by atoms with van der Waals surface area (Å²) in [7, 11) is 0. The number of halogens is 3. The molecule has 0 radical (unpaired) electrons. The molecule has 1 aromatic carbocycles. The molecule has 0 spiro atoms. The molecule has 0 saturated carbocycles. The standard InChI is InChI=1S/C15H11F3N2O4/c16-15(17,18)11-7-6-10(14(24)20(11)8-12(21)22)19-13(23)9-4-2-1-3-5-9/h1-7H,8H2,(H,19,23)(H,21,22). The number of rotatable bonds is 4. The molecule has 2 N–H and O–H groups in total. The Labute approximate surface area is 133 Å². The summed E-state index contributed by atoms with van der Waals surface area (Å²) >= 11 is 0. The zero-order valence-electron chi connectivity index (χ0n) is 12.0. The van der Waals surface area contributed by atoms with Crippen LogP contribution in [0.25, 0.3) is 0 Å². The third-order valence-corrected chi connectivity index (χ3v) is 3.04. The van der Waals surface area contributed by atoms with E-state index >= 15 is 0 Å². The lowest BCUT2D eigenvalue weighted by atomic mass is 10.2. The third-order valence-electron chi connectivity index (χ3n) is 3.04. The van der Waals surface area contributed by atoms with Crippen molar-refractivity contribution in [1.82, 2.24) is 4.57 Å². The summed E-state index contributed by atoms with van der Waals surface area (Å²) in [5, 5.41) is 10.9. The fourth-order valence-electron chi connectivity index (χ4n) is 2.00. The Hall–Kier alpha value is -3.10. The molecular formula is C15H11F3N2O4. The number of alkyl halides is 3. The molecule has 2 aromatic rings. The van der Waals surface area contributed by atoms with Crippen molar-refractivity contribution < 1.29 is 27.9 Å². The van der Waals surface area contributed by atoms with Gasteiger partial charge in [0, 0.05) is 5.56 Å². The van der Waals surface area contributed by atoms with Crippen LogP contribution in [0.5, 0.6) is 0 Å². The SMILES string of the molecule is O=C(O)Cn1c(C(F)(F)F)ccc(NC(=O)c2ccccc2)c1=O. The van der Waals surface area contributed by atoms with Gasteiger partial charge in [-0.25, -0.2) is 0 Å². The fourth-order valence-corrected chi connectivity index (χ4v) is 2.00. The van der Waals surface area contributed by atoms with Crippen LogP contribution in [0.1, 0.15) is 16.1 Å². The van der Waals surface area contributed by atoms with Crippen molar-refractivity contribution in [3.05, 3.63) is 64.1 Å². The van der Waals surface area contributed by atoms with Crippen molar-refractivity contribution in [3.8, 4) is 0 Å². The number of anilines is 1. The summed E-state index contributed by atoms with van der Waals surface area (Å²) in [6, 6.07) is 9.06. The van der Waals surface area contributed by atoms with E-state index in [0.717, 1.165) is 6.07 Å². The molecule has 0 atom stereocenters. The topological polar surface area (TPSA) is 88.4 Å². The summed E-state index contributed by atoms with van der Waals surface area (Å²) in [5.74, 6) is -2.32. The third kappa shape index (κ3) is 3.80. The smallest absolute Gasteiger partial charge is 0.431 e. The van der Waals surface area contributed by atoms with Crippen molar-refractivity contribution >= 4 is 17.6 Å². The molecule has 0 bridgehead atoms. The Balaban J connectivity index is 2.44. The van der Waals surface area contributed by atoms with E-state index in [-0.39, 0.29) is 10.1 Å². The monoisotopic (exact) mass is 340 g/mol. The van der Waals surface area contributed by atoms with Crippen LogP contribution in [0.3, 0.4) is 0 Å². The van der Waals surface area contributed by atoms with Crippen LogP contribution in [0, 0.1) is 0 Å². The lowest BCUT2D eigenvalue weighted by Gasteiger charge is -2.15. The zero-order chi connectivity index (χ0) is 17.9.